The third-order valence-corrected chi connectivity index (χ3v) is 4.81. The first-order valence-corrected chi connectivity index (χ1v) is 9.36. The fraction of sp³-hybridized carbons (Fsp3) is 0.526. The van der Waals surface area contributed by atoms with E-state index in [0.717, 1.165) is 0 Å². The number of likely N-dealkylation sites (tertiary alicyclic amines) is 1. The summed E-state index contributed by atoms with van der Waals surface area (Å²) in [5.41, 5.74) is -0.189. The lowest BCUT2D eigenvalue weighted by Crippen LogP contribution is -2.43. The second kappa shape index (κ2) is 8.45. The number of nitrogens with zero attached hydrogens (tertiary/aromatic N) is 5. The van der Waals surface area contributed by atoms with Crippen LogP contribution in [0.15, 0.2) is 22.9 Å². The molecule has 1 saturated heterocycles. The van der Waals surface area contributed by atoms with Gasteiger partial charge >= 0.3 is 0 Å². The Morgan fingerprint density at radius 3 is 2.86 bits per heavy atom. The van der Waals surface area contributed by atoms with Crippen LogP contribution in [0.2, 0.25) is 0 Å². The molecule has 3 heterocycles. The van der Waals surface area contributed by atoms with E-state index in [1.807, 2.05) is 13.8 Å². The van der Waals surface area contributed by atoms with E-state index in [-0.39, 0.29) is 23.6 Å². The molecule has 0 saturated carbocycles. The minimum atomic E-state index is -0.641. The Balaban J connectivity index is 1.62. The number of hydrogen-bond donors (Lipinski definition) is 0. The van der Waals surface area contributed by atoms with Gasteiger partial charge in [-0.05, 0) is 18.6 Å². The van der Waals surface area contributed by atoms with Crippen molar-refractivity contribution < 1.29 is 18.5 Å². The van der Waals surface area contributed by atoms with Crippen LogP contribution in [0.3, 0.4) is 0 Å². The second-order valence-corrected chi connectivity index (χ2v) is 7.19. The first kappa shape index (κ1) is 19.9. The van der Waals surface area contributed by atoms with Gasteiger partial charge in [0.15, 0.2) is 17.3 Å². The summed E-state index contributed by atoms with van der Waals surface area (Å²) in [4.78, 5) is 36.1. The van der Waals surface area contributed by atoms with Crippen molar-refractivity contribution in [2.24, 2.45) is 0 Å². The lowest BCUT2D eigenvalue weighted by molar-refractivity contribution is -0.130. The Hall–Kier alpha value is -2.84. The van der Waals surface area contributed by atoms with Gasteiger partial charge in [-0.25, -0.2) is 9.37 Å². The molecule has 28 heavy (non-hydrogen) atoms. The zero-order chi connectivity index (χ0) is 20.3. The summed E-state index contributed by atoms with van der Waals surface area (Å²) in [5.74, 6) is 0.0829. The SMILES string of the molecule is CC(=O)N(CCc1noc(C(C)C)n1)C1CCN(C(=O)c2ncccc2F)C1. The van der Waals surface area contributed by atoms with E-state index in [4.69, 9.17) is 4.52 Å². The van der Waals surface area contributed by atoms with Gasteiger partial charge in [0, 0.05) is 45.1 Å². The average molecular weight is 389 g/mol. The highest BCUT2D eigenvalue weighted by Gasteiger charge is 2.33. The summed E-state index contributed by atoms with van der Waals surface area (Å²) in [6.07, 6.45) is 2.49. The van der Waals surface area contributed by atoms with Crippen LogP contribution in [0.1, 0.15) is 55.3 Å². The Labute approximate surface area is 162 Å². The summed E-state index contributed by atoms with van der Waals surface area (Å²) < 4.78 is 19.0. The maximum Gasteiger partial charge on any atom is 0.275 e. The van der Waals surface area contributed by atoms with Crippen LogP contribution in [0, 0.1) is 5.82 Å². The van der Waals surface area contributed by atoms with Gasteiger partial charge in [0.05, 0.1) is 6.04 Å². The first-order chi connectivity index (χ1) is 13.4. The van der Waals surface area contributed by atoms with Gasteiger partial charge in [-0.2, -0.15) is 4.98 Å². The van der Waals surface area contributed by atoms with Crippen LogP contribution in [-0.2, 0) is 11.2 Å². The fourth-order valence-corrected chi connectivity index (χ4v) is 3.29. The summed E-state index contributed by atoms with van der Waals surface area (Å²) >= 11 is 0. The van der Waals surface area contributed by atoms with Gasteiger partial charge in [0.25, 0.3) is 5.91 Å². The summed E-state index contributed by atoms with van der Waals surface area (Å²) in [6.45, 7) is 6.65. The lowest BCUT2D eigenvalue weighted by Gasteiger charge is -2.27. The Morgan fingerprint density at radius 1 is 1.43 bits per heavy atom. The van der Waals surface area contributed by atoms with Crippen molar-refractivity contribution in [3.8, 4) is 0 Å². The Morgan fingerprint density at radius 2 is 2.21 bits per heavy atom. The molecule has 1 unspecified atom stereocenters. The van der Waals surface area contributed by atoms with Crippen molar-refractivity contribution in [3.63, 3.8) is 0 Å². The van der Waals surface area contributed by atoms with Crippen LogP contribution in [0.25, 0.3) is 0 Å². The number of hydrogen-bond acceptors (Lipinski definition) is 6. The van der Waals surface area contributed by atoms with Crippen molar-refractivity contribution in [3.05, 3.63) is 41.6 Å². The molecule has 3 rings (SSSR count). The normalized spacial score (nSPS) is 16.6. The maximum absolute atomic E-state index is 13.8. The first-order valence-electron chi connectivity index (χ1n) is 9.36. The summed E-state index contributed by atoms with van der Waals surface area (Å²) in [6, 6.07) is 2.52. The predicted molar refractivity (Wildman–Crippen MR) is 98.0 cm³/mol. The molecule has 0 aromatic carbocycles. The van der Waals surface area contributed by atoms with E-state index in [9.17, 15) is 14.0 Å². The molecule has 0 N–H and O–H groups in total. The number of carbonyl (C=O) groups excluding carboxylic acids is 2. The zero-order valence-corrected chi connectivity index (χ0v) is 16.3. The molecule has 0 spiro atoms. The molecule has 2 aromatic rings. The smallest absolute Gasteiger partial charge is 0.275 e. The zero-order valence-electron chi connectivity index (χ0n) is 16.3. The minimum absolute atomic E-state index is 0.0871. The molecule has 150 valence electrons. The molecule has 2 aromatic heterocycles. The van der Waals surface area contributed by atoms with Gasteiger partial charge in [0.2, 0.25) is 11.8 Å². The molecular weight excluding hydrogens is 365 g/mol. The van der Waals surface area contributed by atoms with E-state index >= 15 is 0 Å². The van der Waals surface area contributed by atoms with Crippen LogP contribution in [0.5, 0.6) is 0 Å². The highest BCUT2D eigenvalue weighted by Crippen LogP contribution is 2.19. The highest BCUT2D eigenvalue weighted by atomic mass is 19.1. The van der Waals surface area contributed by atoms with Gasteiger partial charge in [-0.15, -0.1) is 0 Å². The number of rotatable bonds is 6. The van der Waals surface area contributed by atoms with E-state index in [2.05, 4.69) is 15.1 Å². The maximum atomic E-state index is 13.8. The number of pyridine rings is 1. The van der Waals surface area contributed by atoms with Gasteiger partial charge in [0.1, 0.15) is 0 Å². The third kappa shape index (κ3) is 4.35. The van der Waals surface area contributed by atoms with Crippen molar-refractivity contribution in [1.82, 2.24) is 24.9 Å². The molecule has 1 atom stereocenters. The molecule has 0 aliphatic carbocycles. The van der Waals surface area contributed by atoms with Crippen molar-refractivity contribution in [1.29, 1.82) is 0 Å². The molecule has 9 heteroatoms. The average Bonchev–Trinajstić information content (AvgIpc) is 3.31. The quantitative estimate of drug-likeness (QED) is 0.751. The lowest BCUT2D eigenvalue weighted by atomic mass is 10.2. The molecule has 8 nitrogen and oxygen atoms in total. The monoisotopic (exact) mass is 389 g/mol. The molecule has 1 fully saturated rings. The highest BCUT2D eigenvalue weighted by molar-refractivity contribution is 5.92. The number of carbonyl (C=O) groups is 2. The third-order valence-electron chi connectivity index (χ3n) is 4.81. The van der Waals surface area contributed by atoms with E-state index in [1.165, 1.54) is 30.2 Å². The standard InChI is InChI=1S/C19H24FN5O3/c1-12(2)18-22-16(23-28-18)7-10-25(13(3)26)14-6-9-24(11-14)19(27)17-15(20)5-4-8-21-17/h4-5,8,12,14H,6-7,9-11H2,1-3H3. The van der Waals surface area contributed by atoms with Crippen molar-refractivity contribution >= 4 is 11.8 Å². The summed E-state index contributed by atoms with van der Waals surface area (Å²) in [5, 5.41) is 3.95. The van der Waals surface area contributed by atoms with E-state index in [0.29, 0.717) is 44.2 Å². The fourth-order valence-electron chi connectivity index (χ4n) is 3.29. The number of aromatic nitrogens is 3. The molecule has 1 aliphatic heterocycles. The number of amides is 2. The van der Waals surface area contributed by atoms with Crippen LogP contribution in [-0.4, -0.2) is 62.4 Å². The Kier molecular flexibility index (Phi) is 6.01. The molecule has 2 amide bonds. The van der Waals surface area contributed by atoms with Crippen molar-refractivity contribution in [2.45, 2.75) is 45.6 Å². The van der Waals surface area contributed by atoms with Crippen LogP contribution < -0.4 is 0 Å². The minimum Gasteiger partial charge on any atom is -0.339 e. The molecule has 1 aliphatic rings. The van der Waals surface area contributed by atoms with E-state index < -0.39 is 11.7 Å². The van der Waals surface area contributed by atoms with Gasteiger partial charge in [-0.3, -0.25) is 9.59 Å². The largest absolute Gasteiger partial charge is 0.339 e. The van der Waals surface area contributed by atoms with Crippen molar-refractivity contribution in [2.75, 3.05) is 19.6 Å². The topological polar surface area (TPSA) is 92.4 Å². The second-order valence-electron chi connectivity index (χ2n) is 7.19. The number of halogens is 1. The van der Waals surface area contributed by atoms with Crippen LogP contribution in [0.4, 0.5) is 4.39 Å². The molecule has 0 bridgehead atoms. The molecular formula is C19H24FN5O3. The van der Waals surface area contributed by atoms with Gasteiger partial charge in [-0.1, -0.05) is 19.0 Å². The molecule has 0 radical (unpaired) electrons. The van der Waals surface area contributed by atoms with Gasteiger partial charge < -0.3 is 14.3 Å². The Bertz CT molecular complexity index is 854. The van der Waals surface area contributed by atoms with Crippen LogP contribution >= 0.6 is 0 Å². The summed E-state index contributed by atoms with van der Waals surface area (Å²) in [7, 11) is 0. The van der Waals surface area contributed by atoms with E-state index in [1.54, 1.807) is 4.90 Å². The predicted octanol–water partition coefficient (Wildman–Crippen LogP) is 2.03.